The molecule has 23 heavy (non-hydrogen) atoms. The number of aliphatic carboxylic acids is 1. The molecule has 4 aliphatic carbocycles. The largest absolute Gasteiger partial charge is 0.480 e. The zero-order chi connectivity index (χ0) is 16.0. The molecule has 4 aliphatic rings. The van der Waals surface area contributed by atoms with Gasteiger partial charge in [0.25, 0.3) is 0 Å². The molecule has 2 N–H and O–H groups in total. The number of carbonyl (C=O) groups is 2. The summed E-state index contributed by atoms with van der Waals surface area (Å²) in [4.78, 5) is 23.1. The summed E-state index contributed by atoms with van der Waals surface area (Å²) < 4.78 is 1.32. The highest BCUT2D eigenvalue weighted by atomic mass is 16.4. The second-order valence-electron chi connectivity index (χ2n) is 7.93. The maximum Gasteiger partial charge on any atom is 0.325 e. The summed E-state index contributed by atoms with van der Waals surface area (Å²) in [6.07, 6.45) is 9.91. The molecule has 0 aromatic carbocycles. The highest BCUT2D eigenvalue weighted by Gasteiger charge is 2.51. The summed E-state index contributed by atoms with van der Waals surface area (Å²) >= 11 is 0. The molecule has 124 valence electrons. The number of carboxylic acids is 1. The van der Waals surface area contributed by atoms with Gasteiger partial charge in [-0.1, -0.05) is 0 Å². The molecule has 4 fully saturated rings. The molecular weight excluding hydrogens is 294 g/mol. The van der Waals surface area contributed by atoms with E-state index >= 15 is 0 Å². The van der Waals surface area contributed by atoms with Gasteiger partial charge in [-0.25, -0.2) is 0 Å². The number of amides is 1. The monoisotopic (exact) mass is 317 g/mol. The molecule has 0 radical (unpaired) electrons. The maximum atomic E-state index is 12.5. The first-order chi connectivity index (χ1) is 11.0. The number of aromatic nitrogens is 2. The Hall–Kier alpha value is -1.85. The maximum absolute atomic E-state index is 12.5. The van der Waals surface area contributed by atoms with Crippen LogP contribution in [-0.2, 0) is 16.1 Å². The van der Waals surface area contributed by atoms with E-state index in [2.05, 4.69) is 10.4 Å². The summed E-state index contributed by atoms with van der Waals surface area (Å²) in [6.45, 7) is -0.190. The summed E-state index contributed by atoms with van der Waals surface area (Å²) in [5.74, 6) is 2.03. The Morgan fingerprint density at radius 1 is 1.22 bits per heavy atom. The van der Waals surface area contributed by atoms with Crippen LogP contribution >= 0.6 is 0 Å². The third-order valence-corrected chi connectivity index (χ3v) is 5.91. The first-order valence-corrected chi connectivity index (χ1v) is 8.55. The van der Waals surface area contributed by atoms with E-state index in [0.29, 0.717) is 12.2 Å². The number of nitrogens with one attached hydrogen (secondary N) is 1. The van der Waals surface area contributed by atoms with Crippen molar-refractivity contribution < 1.29 is 14.7 Å². The lowest BCUT2D eigenvalue weighted by molar-refractivity contribution is -0.137. The zero-order valence-corrected chi connectivity index (χ0v) is 13.2. The van der Waals surface area contributed by atoms with Crippen LogP contribution in [0.1, 0.15) is 44.9 Å². The molecule has 0 saturated heterocycles. The standard InChI is InChI=1S/C17H23N3O3/c21-15(18-14-1-2-20(19-14)10-16(22)23)9-17-6-11-3-12(7-17)5-13(4-11)8-17/h1-2,11-13H,3-10H2,(H,22,23)(H,18,19,21). The molecule has 1 aromatic rings. The van der Waals surface area contributed by atoms with Crippen molar-refractivity contribution in [2.75, 3.05) is 5.32 Å². The molecule has 0 aliphatic heterocycles. The minimum Gasteiger partial charge on any atom is -0.480 e. The summed E-state index contributed by atoms with van der Waals surface area (Å²) in [6, 6.07) is 1.65. The quantitative estimate of drug-likeness (QED) is 0.874. The number of hydrogen-bond donors (Lipinski definition) is 2. The lowest BCUT2D eigenvalue weighted by Gasteiger charge is -2.56. The summed E-state index contributed by atoms with van der Waals surface area (Å²) in [5.41, 5.74) is 0.211. The van der Waals surface area contributed by atoms with Gasteiger partial charge in [-0.2, -0.15) is 5.10 Å². The van der Waals surface area contributed by atoms with Crippen molar-refractivity contribution in [3.05, 3.63) is 12.3 Å². The molecule has 0 unspecified atom stereocenters. The van der Waals surface area contributed by atoms with Crippen LogP contribution < -0.4 is 5.32 Å². The van der Waals surface area contributed by atoms with Crippen molar-refractivity contribution in [1.82, 2.24) is 9.78 Å². The average molecular weight is 317 g/mol. The van der Waals surface area contributed by atoms with Crippen LogP contribution in [0.3, 0.4) is 0 Å². The van der Waals surface area contributed by atoms with E-state index in [0.717, 1.165) is 17.8 Å². The first kappa shape index (κ1) is 14.7. The van der Waals surface area contributed by atoms with Gasteiger partial charge in [-0.3, -0.25) is 14.3 Å². The van der Waals surface area contributed by atoms with E-state index < -0.39 is 5.97 Å². The van der Waals surface area contributed by atoms with Crippen molar-refractivity contribution in [3.63, 3.8) is 0 Å². The van der Waals surface area contributed by atoms with Gasteiger partial charge in [0.1, 0.15) is 6.54 Å². The Balaban J connectivity index is 1.38. The molecule has 0 spiro atoms. The van der Waals surface area contributed by atoms with Crippen LogP contribution in [0.4, 0.5) is 5.82 Å². The smallest absolute Gasteiger partial charge is 0.325 e. The third kappa shape index (κ3) is 2.99. The van der Waals surface area contributed by atoms with Gasteiger partial charge in [0.2, 0.25) is 5.91 Å². The average Bonchev–Trinajstić information content (AvgIpc) is 2.82. The van der Waals surface area contributed by atoms with Gasteiger partial charge in [-0.05, 0) is 61.7 Å². The van der Waals surface area contributed by atoms with Crippen molar-refractivity contribution in [2.45, 2.75) is 51.5 Å². The van der Waals surface area contributed by atoms with Gasteiger partial charge >= 0.3 is 5.97 Å². The predicted octanol–water partition coefficient (Wildman–Crippen LogP) is 2.51. The number of hydrogen-bond acceptors (Lipinski definition) is 3. The lowest BCUT2D eigenvalue weighted by Crippen LogP contribution is -2.47. The van der Waals surface area contributed by atoms with Crippen LogP contribution in [0, 0.1) is 23.2 Å². The molecule has 6 heteroatoms. The second-order valence-corrected chi connectivity index (χ2v) is 7.93. The number of rotatable bonds is 5. The molecule has 1 aromatic heterocycles. The molecule has 0 atom stereocenters. The van der Waals surface area contributed by atoms with E-state index in [4.69, 9.17) is 5.11 Å². The zero-order valence-electron chi connectivity index (χ0n) is 13.2. The molecule has 5 rings (SSSR count). The Morgan fingerprint density at radius 2 is 1.83 bits per heavy atom. The van der Waals surface area contributed by atoms with E-state index in [1.807, 2.05) is 0 Å². The summed E-state index contributed by atoms with van der Waals surface area (Å²) in [5, 5.41) is 15.7. The Labute approximate surface area is 135 Å². The van der Waals surface area contributed by atoms with Gasteiger partial charge in [-0.15, -0.1) is 0 Å². The van der Waals surface area contributed by atoms with Crippen LogP contribution in [0.25, 0.3) is 0 Å². The number of carbonyl (C=O) groups excluding carboxylic acids is 1. The fourth-order valence-corrected chi connectivity index (χ4v) is 5.69. The van der Waals surface area contributed by atoms with Crippen molar-refractivity contribution in [3.8, 4) is 0 Å². The fourth-order valence-electron chi connectivity index (χ4n) is 5.69. The molecule has 4 bridgehead atoms. The molecule has 1 amide bonds. The SMILES string of the molecule is O=C(O)Cn1ccc(NC(=O)CC23CC4CC(CC(C4)C2)C3)n1. The molecular formula is C17H23N3O3. The first-order valence-electron chi connectivity index (χ1n) is 8.55. The second kappa shape index (κ2) is 5.35. The Kier molecular flexibility index (Phi) is 3.43. The van der Waals surface area contributed by atoms with Crippen LogP contribution in [0.15, 0.2) is 12.3 Å². The fraction of sp³-hybridized carbons (Fsp3) is 0.706. The molecule has 6 nitrogen and oxygen atoms in total. The van der Waals surface area contributed by atoms with Gasteiger partial charge in [0.15, 0.2) is 5.82 Å². The normalized spacial score (nSPS) is 34.5. The highest BCUT2D eigenvalue weighted by Crippen LogP contribution is 2.61. The lowest BCUT2D eigenvalue weighted by atomic mass is 9.49. The van der Waals surface area contributed by atoms with Crippen molar-refractivity contribution in [1.29, 1.82) is 0 Å². The topological polar surface area (TPSA) is 84.2 Å². The summed E-state index contributed by atoms with van der Waals surface area (Å²) in [7, 11) is 0. The number of carboxylic acid groups (broad SMARTS) is 1. The van der Waals surface area contributed by atoms with Gasteiger partial charge < -0.3 is 10.4 Å². The van der Waals surface area contributed by atoms with E-state index in [9.17, 15) is 9.59 Å². The van der Waals surface area contributed by atoms with Gasteiger partial charge in [0, 0.05) is 18.7 Å². The minimum absolute atomic E-state index is 0.0209. The van der Waals surface area contributed by atoms with Crippen molar-refractivity contribution >= 4 is 17.7 Å². The molecule has 4 saturated carbocycles. The Bertz CT molecular complexity index is 601. The van der Waals surface area contributed by atoms with E-state index in [1.54, 1.807) is 12.3 Å². The van der Waals surface area contributed by atoms with Crippen LogP contribution in [0.5, 0.6) is 0 Å². The van der Waals surface area contributed by atoms with E-state index in [1.165, 1.54) is 43.2 Å². The minimum atomic E-state index is -0.945. The van der Waals surface area contributed by atoms with Crippen LogP contribution in [-0.4, -0.2) is 26.8 Å². The predicted molar refractivity (Wildman–Crippen MR) is 83.7 cm³/mol. The van der Waals surface area contributed by atoms with E-state index in [-0.39, 0.29) is 17.9 Å². The van der Waals surface area contributed by atoms with Gasteiger partial charge in [0.05, 0.1) is 0 Å². The Morgan fingerprint density at radius 3 is 2.39 bits per heavy atom. The number of anilines is 1. The van der Waals surface area contributed by atoms with Crippen LogP contribution in [0.2, 0.25) is 0 Å². The van der Waals surface area contributed by atoms with Crippen molar-refractivity contribution in [2.24, 2.45) is 23.2 Å². The number of nitrogens with zero attached hydrogens (tertiary/aromatic N) is 2. The third-order valence-electron chi connectivity index (χ3n) is 5.91. The highest BCUT2D eigenvalue weighted by molar-refractivity contribution is 5.90. The molecule has 1 heterocycles.